The molecule has 0 atom stereocenters. The number of imide groups is 3. The van der Waals surface area contributed by atoms with E-state index in [-0.39, 0.29) is 12.3 Å². The van der Waals surface area contributed by atoms with Gasteiger partial charge in [-0.25, -0.2) is 4.90 Å². The van der Waals surface area contributed by atoms with Gasteiger partial charge in [0.15, 0.2) is 0 Å². The summed E-state index contributed by atoms with van der Waals surface area (Å²) < 4.78 is 0. The molecular weight excluding hydrogens is 218 g/mol. The first kappa shape index (κ1) is 15.8. The highest BCUT2D eigenvalue weighted by Crippen LogP contribution is 2.08. The molecule has 0 aliphatic heterocycles. The van der Waals surface area contributed by atoms with E-state index in [0.29, 0.717) is 0 Å². The Kier molecular flexibility index (Phi) is 8.28. The Hall–Kier alpha value is -1.19. The number of rotatable bonds is 7. The van der Waals surface area contributed by atoms with Gasteiger partial charge in [0.2, 0.25) is 17.7 Å². The second kappa shape index (κ2) is 8.90. The van der Waals surface area contributed by atoms with Crippen LogP contribution in [0.3, 0.4) is 0 Å². The van der Waals surface area contributed by atoms with Gasteiger partial charge in [-0.05, 0) is 6.42 Å². The van der Waals surface area contributed by atoms with Crippen LogP contribution in [0.4, 0.5) is 0 Å². The lowest BCUT2D eigenvalue weighted by atomic mass is 10.1. The molecule has 0 bridgehead atoms. The van der Waals surface area contributed by atoms with Gasteiger partial charge >= 0.3 is 0 Å². The highest BCUT2D eigenvalue weighted by atomic mass is 16.2. The van der Waals surface area contributed by atoms with Crippen molar-refractivity contribution in [3.05, 3.63) is 0 Å². The van der Waals surface area contributed by atoms with Crippen LogP contribution in [0.5, 0.6) is 0 Å². The molecule has 0 aliphatic carbocycles. The van der Waals surface area contributed by atoms with Crippen LogP contribution >= 0.6 is 0 Å². The smallest absolute Gasteiger partial charge is 0.236 e. The summed E-state index contributed by atoms with van der Waals surface area (Å²) >= 11 is 0. The van der Waals surface area contributed by atoms with E-state index in [1.807, 2.05) is 0 Å². The second-order valence-electron chi connectivity index (χ2n) is 4.28. The summed E-state index contributed by atoms with van der Waals surface area (Å²) in [6, 6.07) is 0. The Bertz CT molecular complexity index is 260. The molecule has 0 aromatic carbocycles. The molecule has 0 unspecified atom stereocenters. The first-order chi connectivity index (χ1) is 8.00. The molecule has 0 rings (SSSR count). The molecule has 4 heteroatoms. The number of hydrogen-bond donors (Lipinski definition) is 0. The molecule has 17 heavy (non-hydrogen) atoms. The number of hydrogen-bond acceptors (Lipinski definition) is 3. The van der Waals surface area contributed by atoms with Gasteiger partial charge in [-0.2, -0.15) is 0 Å². The zero-order chi connectivity index (χ0) is 13.3. The lowest BCUT2D eigenvalue weighted by Crippen LogP contribution is -2.38. The Morgan fingerprint density at radius 3 is 1.76 bits per heavy atom. The van der Waals surface area contributed by atoms with Crippen molar-refractivity contribution >= 4 is 17.7 Å². The molecule has 0 saturated carbocycles. The molecule has 0 aromatic heterocycles. The van der Waals surface area contributed by atoms with E-state index in [2.05, 4.69) is 6.92 Å². The summed E-state index contributed by atoms with van der Waals surface area (Å²) in [6.07, 6.45) is 6.73. The maximum atomic E-state index is 11.6. The van der Waals surface area contributed by atoms with Crippen molar-refractivity contribution < 1.29 is 14.4 Å². The quantitative estimate of drug-likeness (QED) is 0.644. The molecular formula is C13H23NO3. The first-order valence-electron chi connectivity index (χ1n) is 6.34. The Morgan fingerprint density at radius 2 is 1.29 bits per heavy atom. The molecule has 0 N–H and O–H groups in total. The van der Waals surface area contributed by atoms with Crippen LogP contribution in [0.2, 0.25) is 0 Å². The van der Waals surface area contributed by atoms with E-state index in [9.17, 15) is 14.4 Å². The van der Waals surface area contributed by atoms with Gasteiger partial charge in [0.25, 0.3) is 0 Å². The van der Waals surface area contributed by atoms with Crippen molar-refractivity contribution in [1.29, 1.82) is 0 Å². The number of carbonyl (C=O) groups is 3. The third-order valence-electron chi connectivity index (χ3n) is 2.62. The maximum Gasteiger partial charge on any atom is 0.236 e. The number of nitrogens with zero attached hydrogens (tertiary/aromatic N) is 1. The molecule has 0 fully saturated rings. The van der Waals surface area contributed by atoms with E-state index in [0.717, 1.165) is 24.2 Å². The summed E-state index contributed by atoms with van der Waals surface area (Å²) in [5.74, 6) is -1.36. The van der Waals surface area contributed by atoms with Gasteiger partial charge in [0.1, 0.15) is 0 Å². The number of unbranched alkanes of at least 4 members (excludes halogenated alkanes) is 5. The monoisotopic (exact) mass is 241 g/mol. The van der Waals surface area contributed by atoms with Crippen LogP contribution in [0.25, 0.3) is 0 Å². The van der Waals surface area contributed by atoms with Crippen molar-refractivity contribution in [3.63, 3.8) is 0 Å². The highest BCUT2D eigenvalue weighted by molar-refractivity contribution is 6.09. The van der Waals surface area contributed by atoms with E-state index in [1.54, 1.807) is 0 Å². The van der Waals surface area contributed by atoms with Crippen LogP contribution in [0, 0.1) is 0 Å². The Balaban J connectivity index is 3.84. The summed E-state index contributed by atoms with van der Waals surface area (Å²) in [6.45, 7) is 4.63. The minimum Gasteiger partial charge on any atom is -0.274 e. The fourth-order valence-electron chi connectivity index (χ4n) is 1.74. The maximum absolute atomic E-state index is 11.6. The van der Waals surface area contributed by atoms with Gasteiger partial charge in [0.05, 0.1) is 0 Å². The topological polar surface area (TPSA) is 54.5 Å². The zero-order valence-corrected chi connectivity index (χ0v) is 11.1. The van der Waals surface area contributed by atoms with E-state index in [1.165, 1.54) is 33.1 Å². The van der Waals surface area contributed by atoms with Crippen molar-refractivity contribution in [1.82, 2.24) is 4.90 Å². The van der Waals surface area contributed by atoms with E-state index >= 15 is 0 Å². The average molecular weight is 241 g/mol. The van der Waals surface area contributed by atoms with Crippen LogP contribution in [0.1, 0.15) is 65.7 Å². The predicted octanol–water partition coefficient (Wildman–Crippen LogP) is 2.66. The Labute approximate surface area is 103 Å². The average Bonchev–Trinajstić information content (AvgIpc) is 2.22. The van der Waals surface area contributed by atoms with Gasteiger partial charge in [0, 0.05) is 20.3 Å². The molecule has 0 spiro atoms. The molecule has 98 valence electrons. The lowest BCUT2D eigenvalue weighted by Gasteiger charge is -2.14. The van der Waals surface area contributed by atoms with Crippen molar-refractivity contribution in [3.8, 4) is 0 Å². The number of amides is 3. The van der Waals surface area contributed by atoms with Gasteiger partial charge in [-0.15, -0.1) is 0 Å². The Morgan fingerprint density at radius 1 is 0.824 bits per heavy atom. The first-order valence-corrected chi connectivity index (χ1v) is 6.34. The molecule has 0 aromatic rings. The zero-order valence-electron chi connectivity index (χ0n) is 11.1. The summed E-state index contributed by atoms with van der Waals surface area (Å²) in [5, 5.41) is 0. The second-order valence-corrected chi connectivity index (χ2v) is 4.28. The summed E-state index contributed by atoms with van der Waals surface area (Å²) in [4.78, 5) is 34.5. The minimum atomic E-state index is -0.492. The normalized spacial score (nSPS) is 10.1. The van der Waals surface area contributed by atoms with Gasteiger partial charge < -0.3 is 0 Å². The molecule has 0 aliphatic rings. The molecule has 3 amide bonds. The fraction of sp³-hybridized carbons (Fsp3) is 0.769. The third kappa shape index (κ3) is 6.87. The van der Waals surface area contributed by atoms with Gasteiger partial charge in [-0.3, -0.25) is 14.4 Å². The van der Waals surface area contributed by atoms with Crippen LogP contribution in [-0.4, -0.2) is 22.6 Å². The molecule has 0 radical (unpaired) electrons. The summed E-state index contributed by atoms with van der Waals surface area (Å²) in [5.41, 5.74) is 0. The SMILES string of the molecule is CCCCCCCCC(=O)N(C(C)=O)C(C)=O. The van der Waals surface area contributed by atoms with E-state index in [4.69, 9.17) is 0 Å². The van der Waals surface area contributed by atoms with Crippen LogP contribution < -0.4 is 0 Å². The standard InChI is InChI=1S/C13H23NO3/c1-4-5-6-7-8-9-10-13(17)14(11(2)15)12(3)16/h4-10H2,1-3H3. The predicted molar refractivity (Wildman–Crippen MR) is 66.2 cm³/mol. The third-order valence-corrected chi connectivity index (χ3v) is 2.62. The van der Waals surface area contributed by atoms with Crippen molar-refractivity contribution in [2.45, 2.75) is 65.7 Å². The van der Waals surface area contributed by atoms with Crippen LogP contribution in [0.15, 0.2) is 0 Å². The van der Waals surface area contributed by atoms with Crippen molar-refractivity contribution in [2.24, 2.45) is 0 Å². The highest BCUT2D eigenvalue weighted by Gasteiger charge is 2.21. The number of carbonyl (C=O) groups excluding carboxylic acids is 3. The fourth-order valence-corrected chi connectivity index (χ4v) is 1.74. The molecule has 0 heterocycles. The minimum absolute atomic E-state index is 0.283. The largest absolute Gasteiger partial charge is 0.274 e. The summed E-state index contributed by atoms with van der Waals surface area (Å²) in [7, 11) is 0. The van der Waals surface area contributed by atoms with Crippen molar-refractivity contribution in [2.75, 3.05) is 0 Å². The van der Waals surface area contributed by atoms with Gasteiger partial charge in [-0.1, -0.05) is 39.0 Å². The lowest BCUT2D eigenvalue weighted by molar-refractivity contribution is -0.152. The van der Waals surface area contributed by atoms with E-state index < -0.39 is 11.8 Å². The molecule has 4 nitrogen and oxygen atoms in total. The van der Waals surface area contributed by atoms with Crippen LogP contribution in [-0.2, 0) is 14.4 Å². The molecule has 0 saturated heterocycles.